The number of halogens is 1. The Labute approximate surface area is 136 Å². The van der Waals surface area contributed by atoms with Gasteiger partial charge in [0.1, 0.15) is 0 Å². The van der Waals surface area contributed by atoms with Crippen molar-refractivity contribution in [2.24, 2.45) is 0 Å². The number of hydrogen-bond donors (Lipinski definition) is 1. The molecule has 0 radical (unpaired) electrons. The minimum absolute atomic E-state index is 0.0381. The van der Waals surface area contributed by atoms with Gasteiger partial charge in [-0.25, -0.2) is 0 Å². The summed E-state index contributed by atoms with van der Waals surface area (Å²) in [6.07, 6.45) is 0. The summed E-state index contributed by atoms with van der Waals surface area (Å²) >= 11 is 7.88. The number of amides is 1. The van der Waals surface area contributed by atoms with Crippen molar-refractivity contribution < 1.29 is 4.79 Å². The van der Waals surface area contributed by atoms with Crippen LogP contribution in [0.5, 0.6) is 0 Å². The van der Waals surface area contributed by atoms with Gasteiger partial charge in [-0.05, 0) is 26.8 Å². The second-order valence-corrected chi connectivity index (χ2v) is 7.41. The van der Waals surface area contributed by atoms with Gasteiger partial charge in [-0.1, -0.05) is 11.6 Å². The highest BCUT2D eigenvalue weighted by atomic mass is 35.5. The van der Waals surface area contributed by atoms with E-state index < -0.39 is 0 Å². The average molecular weight is 330 g/mol. The number of rotatable bonds is 4. The zero-order valence-electron chi connectivity index (χ0n) is 13.1. The Kier molecular flexibility index (Phi) is 5.52. The Morgan fingerprint density at radius 2 is 2.00 bits per heavy atom. The van der Waals surface area contributed by atoms with E-state index in [1.165, 1.54) is 5.00 Å². The topological polar surface area (TPSA) is 35.6 Å². The predicted octanol–water partition coefficient (Wildman–Crippen LogP) is 3.13. The van der Waals surface area contributed by atoms with Crippen LogP contribution in [0.4, 0.5) is 5.00 Å². The third-order valence-electron chi connectivity index (χ3n) is 3.90. The van der Waals surface area contributed by atoms with Gasteiger partial charge in [0.05, 0.1) is 15.4 Å². The first-order chi connectivity index (χ1) is 9.91. The SMILES string of the molecule is CC(=O)N(C(C)C)C(C)c1cc(Cl)sc1N1CCNCC1. The Bertz CT molecular complexity index is 497. The lowest BCUT2D eigenvalue weighted by Crippen LogP contribution is -2.44. The summed E-state index contributed by atoms with van der Waals surface area (Å²) in [5, 5.41) is 4.57. The molecular weight excluding hydrogens is 306 g/mol. The van der Waals surface area contributed by atoms with Gasteiger partial charge in [-0.2, -0.15) is 0 Å². The van der Waals surface area contributed by atoms with E-state index in [1.807, 2.05) is 11.0 Å². The van der Waals surface area contributed by atoms with Crippen molar-refractivity contribution in [3.05, 3.63) is 16.0 Å². The highest BCUT2D eigenvalue weighted by Gasteiger charge is 2.27. The van der Waals surface area contributed by atoms with Crippen LogP contribution in [0.25, 0.3) is 0 Å². The van der Waals surface area contributed by atoms with Gasteiger partial charge in [0.15, 0.2) is 0 Å². The van der Waals surface area contributed by atoms with Crippen molar-refractivity contribution in [3.8, 4) is 0 Å². The molecule has 0 aromatic carbocycles. The largest absolute Gasteiger partial charge is 0.361 e. The van der Waals surface area contributed by atoms with Crippen LogP contribution in [0.3, 0.4) is 0 Å². The van der Waals surface area contributed by atoms with Crippen molar-refractivity contribution in [1.82, 2.24) is 10.2 Å². The maximum absolute atomic E-state index is 12.0. The fourth-order valence-corrected chi connectivity index (χ4v) is 4.38. The Hall–Kier alpha value is -0.780. The van der Waals surface area contributed by atoms with Crippen LogP contribution in [0, 0.1) is 0 Å². The van der Waals surface area contributed by atoms with Crippen molar-refractivity contribution in [3.63, 3.8) is 0 Å². The maximum Gasteiger partial charge on any atom is 0.220 e. The molecule has 0 aliphatic carbocycles. The van der Waals surface area contributed by atoms with E-state index in [0.29, 0.717) is 0 Å². The lowest BCUT2D eigenvalue weighted by Gasteiger charge is -2.35. The molecule has 1 aromatic rings. The lowest BCUT2D eigenvalue weighted by molar-refractivity contribution is -0.132. The second kappa shape index (κ2) is 6.99. The van der Waals surface area contributed by atoms with Crippen molar-refractivity contribution in [2.75, 3.05) is 31.1 Å². The third kappa shape index (κ3) is 3.71. The molecule has 0 spiro atoms. The molecule has 1 fully saturated rings. The van der Waals surface area contributed by atoms with E-state index in [1.54, 1.807) is 18.3 Å². The second-order valence-electron chi connectivity index (χ2n) is 5.74. The van der Waals surface area contributed by atoms with Crippen LogP contribution in [-0.4, -0.2) is 43.0 Å². The van der Waals surface area contributed by atoms with Gasteiger partial charge in [-0.15, -0.1) is 11.3 Å². The number of piperazine rings is 1. The summed E-state index contributed by atoms with van der Waals surface area (Å²) in [5.41, 5.74) is 1.16. The molecule has 1 aliphatic rings. The maximum atomic E-state index is 12.0. The van der Waals surface area contributed by atoms with Gasteiger partial charge in [0.2, 0.25) is 5.91 Å². The molecule has 1 unspecified atom stereocenters. The van der Waals surface area contributed by atoms with Gasteiger partial charge < -0.3 is 15.1 Å². The zero-order chi connectivity index (χ0) is 15.6. The average Bonchev–Trinajstić information content (AvgIpc) is 2.81. The van der Waals surface area contributed by atoms with Crippen molar-refractivity contribution in [1.29, 1.82) is 0 Å². The number of nitrogens with one attached hydrogen (secondary N) is 1. The Morgan fingerprint density at radius 3 is 2.52 bits per heavy atom. The van der Waals surface area contributed by atoms with Crippen LogP contribution in [-0.2, 0) is 4.79 Å². The van der Waals surface area contributed by atoms with E-state index in [0.717, 1.165) is 36.1 Å². The molecule has 2 heterocycles. The van der Waals surface area contributed by atoms with Crippen LogP contribution < -0.4 is 10.2 Å². The molecule has 1 N–H and O–H groups in total. The van der Waals surface area contributed by atoms with Crippen molar-refractivity contribution in [2.45, 2.75) is 39.8 Å². The zero-order valence-corrected chi connectivity index (χ0v) is 14.7. The van der Waals surface area contributed by atoms with E-state index in [4.69, 9.17) is 11.6 Å². The van der Waals surface area contributed by atoms with Gasteiger partial charge in [-0.3, -0.25) is 4.79 Å². The number of carbonyl (C=O) groups excluding carboxylic acids is 1. The summed E-state index contributed by atoms with van der Waals surface area (Å²) < 4.78 is 0.789. The monoisotopic (exact) mass is 329 g/mol. The number of nitrogens with zero attached hydrogens (tertiary/aromatic N) is 2. The molecule has 1 aliphatic heterocycles. The fraction of sp³-hybridized carbons (Fsp3) is 0.667. The Morgan fingerprint density at radius 1 is 1.38 bits per heavy atom. The molecule has 1 aromatic heterocycles. The van der Waals surface area contributed by atoms with E-state index in [9.17, 15) is 4.79 Å². The van der Waals surface area contributed by atoms with Gasteiger partial charge >= 0.3 is 0 Å². The van der Waals surface area contributed by atoms with E-state index in [2.05, 4.69) is 31.0 Å². The number of hydrogen-bond acceptors (Lipinski definition) is 4. The highest BCUT2D eigenvalue weighted by molar-refractivity contribution is 7.20. The first-order valence-electron chi connectivity index (χ1n) is 7.45. The summed E-state index contributed by atoms with van der Waals surface area (Å²) in [4.78, 5) is 16.3. The minimum atomic E-state index is 0.0381. The number of anilines is 1. The van der Waals surface area contributed by atoms with E-state index in [-0.39, 0.29) is 18.0 Å². The van der Waals surface area contributed by atoms with Crippen LogP contribution in [0.1, 0.15) is 39.3 Å². The molecule has 2 rings (SSSR count). The first kappa shape index (κ1) is 16.6. The predicted molar refractivity (Wildman–Crippen MR) is 90.5 cm³/mol. The highest BCUT2D eigenvalue weighted by Crippen LogP contribution is 2.40. The summed E-state index contributed by atoms with van der Waals surface area (Å²) in [6, 6.07) is 2.23. The van der Waals surface area contributed by atoms with Crippen LogP contribution in [0.15, 0.2) is 6.07 Å². The molecule has 1 atom stereocenters. The molecule has 4 nitrogen and oxygen atoms in total. The lowest BCUT2D eigenvalue weighted by atomic mass is 10.1. The third-order valence-corrected chi connectivity index (χ3v) is 5.24. The van der Waals surface area contributed by atoms with E-state index >= 15 is 0 Å². The van der Waals surface area contributed by atoms with Crippen LogP contribution >= 0.6 is 22.9 Å². The Balaban J connectivity index is 2.31. The molecular formula is C15H24ClN3OS. The summed E-state index contributed by atoms with van der Waals surface area (Å²) in [7, 11) is 0. The normalized spacial score (nSPS) is 17.1. The summed E-state index contributed by atoms with van der Waals surface area (Å²) in [6.45, 7) is 11.8. The smallest absolute Gasteiger partial charge is 0.220 e. The quantitative estimate of drug-likeness (QED) is 0.921. The molecule has 0 saturated carbocycles. The summed E-state index contributed by atoms with van der Waals surface area (Å²) in [5.74, 6) is 0.103. The standard InChI is InChI=1S/C15H24ClN3OS/c1-10(2)19(12(4)20)11(3)13-9-14(16)21-15(13)18-7-5-17-6-8-18/h9-11,17H,5-8H2,1-4H3. The van der Waals surface area contributed by atoms with Gasteiger partial charge in [0.25, 0.3) is 0 Å². The number of thiophene rings is 1. The molecule has 6 heteroatoms. The van der Waals surface area contributed by atoms with Gasteiger partial charge in [0, 0.05) is 44.7 Å². The number of carbonyl (C=O) groups is 1. The minimum Gasteiger partial charge on any atom is -0.361 e. The molecule has 21 heavy (non-hydrogen) atoms. The first-order valence-corrected chi connectivity index (χ1v) is 8.65. The van der Waals surface area contributed by atoms with Crippen molar-refractivity contribution >= 4 is 33.8 Å². The molecule has 0 bridgehead atoms. The molecule has 1 amide bonds. The molecule has 1 saturated heterocycles. The fourth-order valence-electron chi connectivity index (χ4n) is 3.01. The molecule has 118 valence electrons. The van der Waals surface area contributed by atoms with Crippen LogP contribution in [0.2, 0.25) is 4.34 Å².